The van der Waals surface area contributed by atoms with Crippen LogP contribution in [0.25, 0.3) is 0 Å². The Labute approximate surface area is 143 Å². The van der Waals surface area contributed by atoms with Crippen LogP contribution in [0.4, 0.5) is 0 Å². The summed E-state index contributed by atoms with van der Waals surface area (Å²) in [6, 6.07) is 2.16. The van der Waals surface area contributed by atoms with Crippen LogP contribution in [0, 0.1) is 5.41 Å². The van der Waals surface area contributed by atoms with Crippen LogP contribution in [0.15, 0.2) is 18.5 Å². The molecule has 1 aliphatic heterocycles. The van der Waals surface area contributed by atoms with Gasteiger partial charge in [-0.3, -0.25) is 9.48 Å². The van der Waals surface area contributed by atoms with Crippen LogP contribution in [0.3, 0.4) is 0 Å². The lowest BCUT2D eigenvalue weighted by Gasteiger charge is -2.61. The van der Waals surface area contributed by atoms with Gasteiger partial charge in [-0.05, 0) is 58.2 Å². The number of amides is 1. The van der Waals surface area contributed by atoms with Crippen molar-refractivity contribution in [2.75, 3.05) is 19.7 Å². The highest BCUT2D eigenvalue weighted by atomic mass is 16.5. The predicted molar refractivity (Wildman–Crippen MR) is 90.6 cm³/mol. The van der Waals surface area contributed by atoms with E-state index in [1.807, 2.05) is 16.9 Å². The van der Waals surface area contributed by atoms with Gasteiger partial charge < -0.3 is 15.4 Å². The number of nitrogens with zero attached hydrogens (tertiary/aromatic N) is 2. The van der Waals surface area contributed by atoms with E-state index < -0.39 is 5.54 Å². The van der Waals surface area contributed by atoms with Gasteiger partial charge in [0, 0.05) is 30.5 Å². The molecular weight excluding hydrogens is 304 g/mol. The highest BCUT2D eigenvalue weighted by molar-refractivity contribution is 5.85. The van der Waals surface area contributed by atoms with Gasteiger partial charge in [0.1, 0.15) is 5.54 Å². The second-order valence-electron chi connectivity index (χ2n) is 7.52. The maximum atomic E-state index is 13.3. The Morgan fingerprint density at radius 3 is 2.75 bits per heavy atom. The van der Waals surface area contributed by atoms with Gasteiger partial charge in [-0.1, -0.05) is 6.42 Å². The molecule has 2 aliphatic carbocycles. The number of ether oxygens (including phenoxy) is 1. The number of hydrogen-bond donors (Lipinski definition) is 2. The fraction of sp³-hybridized carbons (Fsp3) is 0.778. The van der Waals surface area contributed by atoms with Crippen molar-refractivity contribution in [1.82, 2.24) is 20.4 Å². The van der Waals surface area contributed by atoms with Crippen LogP contribution in [0.5, 0.6) is 0 Å². The number of aromatic nitrogens is 2. The highest BCUT2D eigenvalue weighted by Crippen LogP contribution is 2.57. The molecule has 2 unspecified atom stereocenters. The molecule has 24 heavy (non-hydrogen) atoms. The van der Waals surface area contributed by atoms with Crippen molar-refractivity contribution < 1.29 is 9.53 Å². The van der Waals surface area contributed by atoms with Crippen molar-refractivity contribution in [1.29, 1.82) is 0 Å². The van der Waals surface area contributed by atoms with Gasteiger partial charge >= 0.3 is 0 Å². The van der Waals surface area contributed by atoms with Crippen molar-refractivity contribution in [2.45, 2.75) is 63.1 Å². The molecule has 2 saturated carbocycles. The molecule has 1 saturated heterocycles. The minimum atomic E-state index is -0.545. The van der Waals surface area contributed by atoms with Crippen molar-refractivity contribution in [3.8, 4) is 0 Å². The Kier molecular flexibility index (Phi) is 4.12. The van der Waals surface area contributed by atoms with Crippen LogP contribution >= 0.6 is 0 Å². The average molecular weight is 332 g/mol. The summed E-state index contributed by atoms with van der Waals surface area (Å²) in [4.78, 5) is 13.3. The summed E-state index contributed by atoms with van der Waals surface area (Å²) in [6.07, 6.45) is 10.2. The van der Waals surface area contributed by atoms with E-state index in [2.05, 4.69) is 22.7 Å². The third-order valence-electron chi connectivity index (χ3n) is 6.54. The number of rotatable bonds is 5. The Hall–Kier alpha value is -1.40. The van der Waals surface area contributed by atoms with E-state index in [4.69, 9.17) is 4.74 Å². The smallest absolute Gasteiger partial charge is 0.248 e. The Morgan fingerprint density at radius 2 is 2.17 bits per heavy atom. The molecule has 3 aliphatic rings. The molecule has 1 aromatic rings. The van der Waals surface area contributed by atoms with Crippen molar-refractivity contribution in [2.24, 2.45) is 5.41 Å². The monoisotopic (exact) mass is 332 g/mol. The molecule has 0 aromatic carbocycles. The molecule has 0 bridgehead atoms. The average Bonchev–Trinajstić information content (AvgIpc) is 3.07. The molecule has 2 N–H and O–H groups in total. The maximum Gasteiger partial charge on any atom is 0.248 e. The first kappa shape index (κ1) is 16.1. The second-order valence-corrected chi connectivity index (χ2v) is 7.52. The van der Waals surface area contributed by atoms with E-state index in [1.54, 1.807) is 6.20 Å². The van der Waals surface area contributed by atoms with Crippen LogP contribution < -0.4 is 10.6 Å². The largest absolute Gasteiger partial charge is 0.378 e. The Bertz CT molecular complexity index is 576. The lowest BCUT2D eigenvalue weighted by atomic mass is 9.51. The minimum absolute atomic E-state index is 0.138. The van der Waals surface area contributed by atoms with Crippen LogP contribution in [-0.4, -0.2) is 47.5 Å². The summed E-state index contributed by atoms with van der Waals surface area (Å²) >= 11 is 0. The lowest BCUT2D eigenvalue weighted by molar-refractivity contribution is -0.178. The summed E-state index contributed by atoms with van der Waals surface area (Å²) in [5.41, 5.74) is -0.347. The van der Waals surface area contributed by atoms with E-state index >= 15 is 0 Å². The topological polar surface area (TPSA) is 68.2 Å². The minimum Gasteiger partial charge on any atom is -0.378 e. The fourth-order valence-corrected chi connectivity index (χ4v) is 4.86. The van der Waals surface area contributed by atoms with Gasteiger partial charge in [0.2, 0.25) is 5.91 Å². The van der Waals surface area contributed by atoms with E-state index in [0.29, 0.717) is 6.10 Å². The summed E-state index contributed by atoms with van der Waals surface area (Å²) in [7, 11) is 0. The summed E-state index contributed by atoms with van der Waals surface area (Å²) < 4.78 is 7.78. The van der Waals surface area contributed by atoms with Gasteiger partial charge in [-0.15, -0.1) is 0 Å². The Balaban J connectivity index is 1.50. The van der Waals surface area contributed by atoms with E-state index in [0.717, 1.165) is 39.0 Å². The molecule has 0 radical (unpaired) electrons. The van der Waals surface area contributed by atoms with Crippen LogP contribution in [0.1, 0.15) is 45.4 Å². The first-order chi connectivity index (χ1) is 11.7. The summed E-state index contributed by atoms with van der Waals surface area (Å²) in [6.45, 7) is 4.52. The number of carbonyl (C=O) groups is 1. The molecule has 6 nitrogen and oxygen atoms in total. The molecule has 132 valence electrons. The molecule has 4 rings (SSSR count). The predicted octanol–water partition coefficient (Wildman–Crippen LogP) is 1.43. The van der Waals surface area contributed by atoms with Crippen molar-refractivity contribution in [3.63, 3.8) is 0 Å². The summed E-state index contributed by atoms with van der Waals surface area (Å²) in [5.74, 6) is 0.138. The van der Waals surface area contributed by atoms with Gasteiger partial charge in [-0.2, -0.15) is 5.10 Å². The molecule has 6 heteroatoms. The van der Waals surface area contributed by atoms with Gasteiger partial charge in [0.05, 0.1) is 6.10 Å². The first-order valence-corrected chi connectivity index (χ1v) is 9.35. The zero-order chi connectivity index (χ0) is 16.6. The van der Waals surface area contributed by atoms with Crippen LogP contribution in [0.2, 0.25) is 0 Å². The summed E-state index contributed by atoms with van der Waals surface area (Å²) in [5, 5.41) is 11.2. The van der Waals surface area contributed by atoms with Gasteiger partial charge in [-0.25, -0.2) is 0 Å². The van der Waals surface area contributed by atoms with Crippen LogP contribution in [-0.2, 0) is 15.1 Å². The molecule has 1 amide bonds. The third-order valence-corrected chi connectivity index (χ3v) is 6.54. The number of carbonyl (C=O) groups excluding carboxylic acids is 1. The standard InChI is InChI=1S/C18H28N4O2/c1-2-24-15-13-14(17(15)5-3-6-17)21-16(23)18(7-10-19-11-8-18)22-12-4-9-20-22/h4,9,12,14-15,19H,2-3,5-8,10-11,13H2,1H3,(H,21,23). The van der Waals surface area contributed by atoms with E-state index in [-0.39, 0.29) is 17.4 Å². The van der Waals surface area contributed by atoms with E-state index in [9.17, 15) is 4.79 Å². The zero-order valence-electron chi connectivity index (χ0n) is 14.5. The second kappa shape index (κ2) is 6.15. The first-order valence-electron chi connectivity index (χ1n) is 9.35. The number of piperidine rings is 1. The van der Waals surface area contributed by atoms with Gasteiger partial charge in [0.15, 0.2) is 0 Å². The number of hydrogen-bond acceptors (Lipinski definition) is 4. The molecule has 2 heterocycles. The number of nitrogens with one attached hydrogen (secondary N) is 2. The van der Waals surface area contributed by atoms with Gasteiger partial charge in [0.25, 0.3) is 0 Å². The molecule has 3 fully saturated rings. The maximum absolute atomic E-state index is 13.3. The lowest BCUT2D eigenvalue weighted by Crippen LogP contribution is -2.70. The Morgan fingerprint density at radius 1 is 1.38 bits per heavy atom. The normalized spacial score (nSPS) is 30.4. The molecule has 1 spiro atoms. The SMILES string of the molecule is CCOC1CC(NC(=O)C2(n3cccn3)CCNCC2)C12CCC2. The van der Waals surface area contributed by atoms with E-state index in [1.165, 1.54) is 19.3 Å². The molecule has 1 aromatic heterocycles. The molecule has 2 atom stereocenters. The van der Waals surface area contributed by atoms with Crippen molar-refractivity contribution >= 4 is 5.91 Å². The fourth-order valence-electron chi connectivity index (χ4n) is 4.86. The zero-order valence-corrected chi connectivity index (χ0v) is 14.5. The third kappa shape index (κ3) is 2.30. The molecular formula is C18H28N4O2. The quantitative estimate of drug-likeness (QED) is 0.856. The van der Waals surface area contributed by atoms with Crippen molar-refractivity contribution in [3.05, 3.63) is 18.5 Å². The highest BCUT2D eigenvalue weighted by Gasteiger charge is 2.60.